The van der Waals surface area contributed by atoms with Crippen molar-refractivity contribution in [3.05, 3.63) is 35.4 Å². The Kier molecular flexibility index (Phi) is 3.20. The van der Waals surface area contributed by atoms with Crippen LogP contribution in [0.4, 0.5) is 0 Å². The SMILES string of the molecule is CC(=O)C1(C)c2ccccc2CC(C)(C)C1(C)C(C)=O. The number of ketones is 2. The van der Waals surface area contributed by atoms with Gasteiger partial charge in [-0.25, -0.2) is 0 Å². The molecule has 2 rings (SSSR count). The average Bonchev–Trinajstić information content (AvgIpc) is 2.35. The van der Waals surface area contributed by atoms with Gasteiger partial charge >= 0.3 is 0 Å². The molecule has 0 saturated heterocycles. The molecule has 1 aromatic carbocycles. The summed E-state index contributed by atoms with van der Waals surface area (Å²) in [5.74, 6) is 0.158. The molecule has 0 spiro atoms. The maximum absolute atomic E-state index is 12.5. The van der Waals surface area contributed by atoms with E-state index in [1.165, 1.54) is 5.56 Å². The van der Waals surface area contributed by atoms with Gasteiger partial charge in [0.25, 0.3) is 0 Å². The van der Waals surface area contributed by atoms with E-state index in [1.807, 2.05) is 32.0 Å². The highest BCUT2D eigenvalue weighted by Gasteiger charge is 2.62. The fourth-order valence-electron chi connectivity index (χ4n) is 4.13. The van der Waals surface area contributed by atoms with Gasteiger partial charge in [0.1, 0.15) is 11.6 Å². The Morgan fingerprint density at radius 1 is 0.950 bits per heavy atom. The Labute approximate surface area is 121 Å². The predicted molar refractivity (Wildman–Crippen MR) is 80.7 cm³/mol. The summed E-state index contributed by atoms with van der Waals surface area (Å²) in [7, 11) is 0. The highest BCUT2D eigenvalue weighted by Crippen LogP contribution is 2.59. The second kappa shape index (κ2) is 4.28. The fourth-order valence-corrected chi connectivity index (χ4v) is 4.13. The van der Waals surface area contributed by atoms with E-state index in [0.717, 1.165) is 12.0 Å². The van der Waals surface area contributed by atoms with Crippen LogP contribution in [-0.2, 0) is 21.4 Å². The van der Waals surface area contributed by atoms with Crippen molar-refractivity contribution in [1.29, 1.82) is 0 Å². The van der Waals surface area contributed by atoms with Gasteiger partial charge in [0, 0.05) is 5.41 Å². The maximum Gasteiger partial charge on any atom is 0.141 e. The van der Waals surface area contributed by atoms with E-state index in [-0.39, 0.29) is 17.0 Å². The minimum Gasteiger partial charge on any atom is -0.299 e. The summed E-state index contributed by atoms with van der Waals surface area (Å²) in [6, 6.07) is 8.05. The van der Waals surface area contributed by atoms with E-state index in [1.54, 1.807) is 13.8 Å². The summed E-state index contributed by atoms with van der Waals surface area (Å²) in [6.45, 7) is 11.3. The van der Waals surface area contributed by atoms with Gasteiger partial charge in [-0.15, -0.1) is 0 Å². The van der Waals surface area contributed by atoms with E-state index in [9.17, 15) is 9.59 Å². The van der Waals surface area contributed by atoms with Crippen molar-refractivity contribution in [1.82, 2.24) is 0 Å². The van der Waals surface area contributed by atoms with Crippen LogP contribution in [0, 0.1) is 10.8 Å². The third-order valence-corrected chi connectivity index (χ3v) is 5.95. The first-order chi connectivity index (χ1) is 9.09. The third-order valence-electron chi connectivity index (χ3n) is 5.95. The summed E-state index contributed by atoms with van der Waals surface area (Å²) in [5.41, 5.74) is 0.490. The molecule has 0 saturated carbocycles. The first-order valence-electron chi connectivity index (χ1n) is 7.19. The van der Waals surface area contributed by atoms with Crippen LogP contribution in [0.3, 0.4) is 0 Å². The number of fused-ring (bicyclic) bond motifs is 1. The zero-order chi connectivity index (χ0) is 15.3. The molecule has 0 aliphatic heterocycles. The lowest BCUT2D eigenvalue weighted by molar-refractivity contribution is -0.149. The van der Waals surface area contributed by atoms with Gasteiger partial charge in [0.05, 0.1) is 5.41 Å². The molecule has 0 amide bonds. The van der Waals surface area contributed by atoms with E-state index in [2.05, 4.69) is 19.9 Å². The summed E-state index contributed by atoms with van der Waals surface area (Å²) < 4.78 is 0. The van der Waals surface area contributed by atoms with Crippen LogP contribution in [0.1, 0.15) is 52.7 Å². The zero-order valence-corrected chi connectivity index (χ0v) is 13.3. The number of rotatable bonds is 2. The monoisotopic (exact) mass is 272 g/mol. The Morgan fingerprint density at radius 2 is 1.50 bits per heavy atom. The minimum atomic E-state index is -0.767. The van der Waals surface area contributed by atoms with Crippen molar-refractivity contribution < 1.29 is 9.59 Å². The van der Waals surface area contributed by atoms with E-state index < -0.39 is 10.8 Å². The van der Waals surface area contributed by atoms with Gasteiger partial charge in [0.15, 0.2) is 0 Å². The van der Waals surface area contributed by atoms with Crippen molar-refractivity contribution in [2.24, 2.45) is 10.8 Å². The number of benzene rings is 1. The molecule has 0 N–H and O–H groups in total. The van der Waals surface area contributed by atoms with Gasteiger partial charge in [-0.2, -0.15) is 0 Å². The quantitative estimate of drug-likeness (QED) is 0.822. The number of Topliss-reactive ketones (excluding diaryl/α,β-unsaturated/α-hetero) is 2. The lowest BCUT2D eigenvalue weighted by Gasteiger charge is -2.57. The molecule has 0 aromatic heterocycles. The summed E-state index contributed by atoms with van der Waals surface area (Å²) >= 11 is 0. The summed E-state index contributed by atoms with van der Waals surface area (Å²) in [6.07, 6.45) is 0.822. The molecule has 2 heteroatoms. The van der Waals surface area contributed by atoms with Crippen LogP contribution in [0.5, 0.6) is 0 Å². The van der Waals surface area contributed by atoms with Crippen LogP contribution in [-0.4, -0.2) is 11.6 Å². The molecule has 1 aromatic rings. The average molecular weight is 272 g/mol. The summed E-state index contributed by atoms with van der Waals surface area (Å²) in [4.78, 5) is 25.1. The van der Waals surface area contributed by atoms with Crippen molar-refractivity contribution in [3.8, 4) is 0 Å². The highest BCUT2D eigenvalue weighted by atomic mass is 16.1. The Morgan fingerprint density at radius 3 is 2.00 bits per heavy atom. The van der Waals surface area contributed by atoms with Gasteiger partial charge in [-0.1, -0.05) is 45.0 Å². The number of carbonyl (C=O) groups is 2. The van der Waals surface area contributed by atoms with E-state index >= 15 is 0 Å². The fraction of sp³-hybridized carbons (Fsp3) is 0.556. The van der Waals surface area contributed by atoms with Gasteiger partial charge in [-0.3, -0.25) is 9.59 Å². The van der Waals surface area contributed by atoms with Crippen LogP contribution in [0.2, 0.25) is 0 Å². The van der Waals surface area contributed by atoms with Crippen LogP contribution in [0.15, 0.2) is 24.3 Å². The molecule has 20 heavy (non-hydrogen) atoms. The molecule has 1 aliphatic carbocycles. The third kappa shape index (κ3) is 1.57. The molecular formula is C18H24O2. The van der Waals surface area contributed by atoms with Crippen molar-refractivity contribution >= 4 is 11.6 Å². The standard InChI is InChI=1S/C18H24O2/c1-12(19)17(5)15-10-8-7-9-14(15)11-16(3,4)18(17,6)13(2)20/h7-10H,11H2,1-6H3. The molecule has 0 radical (unpaired) electrons. The molecule has 2 atom stereocenters. The lowest BCUT2D eigenvalue weighted by atomic mass is 9.44. The molecule has 108 valence electrons. The second-order valence-corrected chi connectivity index (χ2v) is 7.08. The molecule has 0 fully saturated rings. The van der Waals surface area contributed by atoms with Crippen LogP contribution in [0.25, 0.3) is 0 Å². The van der Waals surface area contributed by atoms with Gasteiger partial charge in [-0.05, 0) is 43.7 Å². The van der Waals surface area contributed by atoms with Crippen LogP contribution >= 0.6 is 0 Å². The molecule has 0 heterocycles. The van der Waals surface area contributed by atoms with Crippen molar-refractivity contribution in [2.45, 2.75) is 53.4 Å². The first-order valence-corrected chi connectivity index (χ1v) is 7.19. The van der Waals surface area contributed by atoms with Crippen LogP contribution < -0.4 is 0 Å². The lowest BCUT2D eigenvalue weighted by Crippen LogP contribution is -2.61. The second-order valence-electron chi connectivity index (χ2n) is 7.08. The molecule has 1 aliphatic rings. The first kappa shape index (κ1) is 15.0. The van der Waals surface area contributed by atoms with Gasteiger partial charge < -0.3 is 0 Å². The normalized spacial score (nSPS) is 31.5. The largest absolute Gasteiger partial charge is 0.299 e. The molecule has 0 bridgehead atoms. The van der Waals surface area contributed by atoms with Crippen molar-refractivity contribution in [2.75, 3.05) is 0 Å². The number of hydrogen-bond donors (Lipinski definition) is 0. The zero-order valence-electron chi connectivity index (χ0n) is 13.3. The van der Waals surface area contributed by atoms with E-state index in [0.29, 0.717) is 0 Å². The van der Waals surface area contributed by atoms with E-state index in [4.69, 9.17) is 0 Å². The minimum absolute atomic E-state index is 0.0652. The maximum atomic E-state index is 12.5. The smallest absolute Gasteiger partial charge is 0.141 e. The summed E-state index contributed by atoms with van der Waals surface area (Å²) in [5, 5.41) is 0. The predicted octanol–water partition coefficient (Wildman–Crippen LogP) is 3.71. The number of carbonyl (C=O) groups excluding carboxylic acids is 2. The Balaban J connectivity index is 2.88. The number of hydrogen-bond acceptors (Lipinski definition) is 2. The Bertz CT molecular complexity index is 585. The van der Waals surface area contributed by atoms with Gasteiger partial charge in [0.2, 0.25) is 0 Å². The molecular weight excluding hydrogens is 248 g/mol. The molecule has 2 unspecified atom stereocenters. The highest BCUT2D eigenvalue weighted by molar-refractivity contribution is 5.98. The van der Waals surface area contributed by atoms with Crippen molar-refractivity contribution in [3.63, 3.8) is 0 Å². The topological polar surface area (TPSA) is 34.1 Å². The Hall–Kier alpha value is -1.44. The molecule has 2 nitrogen and oxygen atoms in total.